The Bertz CT molecular complexity index is 595. The highest BCUT2D eigenvalue weighted by atomic mass is 35.5. The monoisotopic (exact) mass is 274 g/mol. The summed E-state index contributed by atoms with van der Waals surface area (Å²) < 4.78 is 27.5. The van der Waals surface area contributed by atoms with Gasteiger partial charge >= 0.3 is 5.38 Å². The molecule has 0 spiro atoms. The summed E-state index contributed by atoms with van der Waals surface area (Å²) in [6.07, 6.45) is 0. The van der Waals surface area contributed by atoms with Crippen molar-refractivity contribution in [3.63, 3.8) is 0 Å². The highest BCUT2D eigenvalue weighted by Crippen LogP contribution is 2.31. The van der Waals surface area contributed by atoms with E-state index in [9.17, 15) is 8.78 Å². The lowest BCUT2D eigenvalue weighted by Crippen LogP contribution is -2.13. The molecule has 2 aromatic heterocycles. The molecule has 2 aromatic rings. The third-order valence-electron chi connectivity index (χ3n) is 2.45. The highest BCUT2D eigenvalue weighted by Gasteiger charge is 2.31. The lowest BCUT2D eigenvalue weighted by atomic mass is 9.96. The Morgan fingerprint density at radius 2 is 1.83 bits per heavy atom. The SMILES string of the molecule is Cc1nc(C(F)(F)Cl)cc2nc(C(C)(C)C)nn12. The minimum atomic E-state index is -3.50. The summed E-state index contributed by atoms with van der Waals surface area (Å²) in [5.74, 6) is 0.897. The fourth-order valence-corrected chi connectivity index (χ4v) is 1.59. The van der Waals surface area contributed by atoms with Crippen molar-refractivity contribution in [2.45, 2.75) is 38.5 Å². The Balaban J connectivity index is 2.67. The fourth-order valence-electron chi connectivity index (χ4n) is 1.49. The van der Waals surface area contributed by atoms with E-state index >= 15 is 0 Å². The number of rotatable bonds is 1. The topological polar surface area (TPSA) is 43.1 Å². The maximum absolute atomic E-state index is 13.0. The molecule has 0 fully saturated rings. The standard InChI is InChI=1S/C11H13ClF2N4/c1-6-15-7(11(12,13)14)5-8-16-9(10(2,3)4)17-18(6)8/h5H,1-4H3. The zero-order valence-electron chi connectivity index (χ0n) is 10.5. The summed E-state index contributed by atoms with van der Waals surface area (Å²) in [6.45, 7) is 7.42. The van der Waals surface area contributed by atoms with Gasteiger partial charge in [-0.2, -0.15) is 13.3 Å². The third kappa shape index (κ3) is 2.29. The van der Waals surface area contributed by atoms with E-state index in [1.807, 2.05) is 20.8 Å². The summed E-state index contributed by atoms with van der Waals surface area (Å²) in [6, 6.07) is 1.15. The van der Waals surface area contributed by atoms with Crippen LogP contribution in [0.25, 0.3) is 5.65 Å². The summed E-state index contributed by atoms with van der Waals surface area (Å²) in [4.78, 5) is 7.99. The van der Waals surface area contributed by atoms with E-state index in [-0.39, 0.29) is 5.41 Å². The molecule has 4 nitrogen and oxygen atoms in total. The first kappa shape index (κ1) is 13.1. The molecule has 98 valence electrons. The van der Waals surface area contributed by atoms with E-state index < -0.39 is 11.1 Å². The van der Waals surface area contributed by atoms with Crippen molar-refractivity contribution >= 4 is 17.2 Å². The van der Waals surface area contributed by atoms with Crippen molar-refractivity contribution in [2.75, 3.05) is 0 Å². The van der Waals surface area contributed by atoms with E-state index in [2.05, 4.69) is 15.1 Å². The molecule has 0 N–H and O–H groups in total. The molecular formula is C11H13ClF2N4. The summed E-state index contributed by atoms with van der Waals surface area (Å²) in [5, 5.41) is 0.762. The summed E-state index contributed by atoms with van der Waals surface area (Å²) >= 11 is 4.97. The van der Waals surface area contributed by atoms with E-state index in [1.54, 1.807) is 6.92 Å². The predicted octanol–water partition coefficient (Wildman–Crippen LogP) is 3.02. The molecule has 0 aliphatic heterocycles. The van der Waals surface area contributed by atoms with Gasteiger partial charge in [0.2, 0.25) is 0 Å². The number of hydrogen-bond donors (Lipinski definition) is 0. The van der Waals surface area contributed by atoms with Gasteiger partial charge in [0, 0.05) is 11.5 Å². The van der Waals surface area contributed by atoms with Crippen molar-refractivity contribution in [3.05, 3.63) is 23.4 Å². The molecule has 0 saturated heterocycles. The zero-order valence-corrected chi connectivity index (χ0v) is 11.3. The van der Waals surface area contributed by atoms with Crippen LogP contribution in [0.5, 0.6) is 0 Å². The number of fused-ring (bicyclic) bond motifs is 1. The number of aromatic nitrogens is 4. The van der Waals surface area contributed by atoms with Crippen molar-refractivity contribution in [1.82, 2.24) is 19.6 Å². The average Bonchev–Trinajstić information content (AvgIpc) is 2.59. The fraction of sp³-hybridized carbons (Fsp3) is 0.545. The maximum atomic E-state index is 13.0. The van der Waals surface area contributed by atoms with Crippen LogP contribution in [0.4, 0.5) is 8.78 Å². The van der Waals surface area contributed by atoms with Crippen LogP contribution >= 0.6 is 11.6 Å². The quantitative estimate of drug-likeness (QED) is 0.751. The van der Waals surface area contributed by atoms with Gasteiger partial charge in [-0.3, -0.25) is 0 Å². The van der Waals surface area contributed by atoms with Crippen LogP contribution in [0.2, 0.25) is 0 Å². The normalized spacial score (nSPS) is 13.3. The second-order valence-corrected chi connectivity index (χ2v) is 5.62. The average molecular weight is 275 g/mol. The minimum absolute atomic E-state index is 0.262. The molecule has 0 radical (unpaired) electrons. The number of halogens is 3. The van der Waals surface area contributed by atoms with Crippen LogP contribution in [0, 0.1) is 6.92 Å². The minimum Gasteiger partial charge on any atom is -0.230 e. The lowest BCUT2D eigenvalue weighted by molar-refractivity contribution is 0.0896. The van der Waals surface area contributed by atoms with Crippen LogP contribution in [0.15, 0.2) is 6.07 Å². The third-order valence-corrected chi connectivity index (χ3v) is 2.64. The Labute approximate surface area is 108 Å². The van der Waals surface area contributed by atoms with Crippen LogP contribution in [-0.2, 0) is 10.8 Å². The van der Waals surface area contributed by atoms with Gasteiger partial charge in [-0.15, -0.1) is 5.10 Å². The van der Waals surface area contributed by atoms with Gasteiger partial charge in [-0.1, -0.05) is 20.8 Å². The Morgan fingerprint density at radius 1 is 1.22 bits per heavy atom. The van der Waals surface area contributed by atoms with E-state index in [4.69, 9.17) is 11.6 Å². The molecule has 0 aromatic carbocycles. The second kappa shape index (κ2) is 3.85. The van der Waals surface area contributed by atoms with E-state index in [0.717, 1.165) is 6.07 Å². The molecule has 0 aliphatic carbocycles. The maximum Gasteiger partial charge on any atom is 0.364 e. The summed E-state index contributed by atoms with van der Waals surface area (Å²) in [7, 11) is 0. The molecule has 0 bridgehead atoms. The first-order valence-corrected chi connectivity index (χ1v) is 5.79. The molecule has 7 heteroatoms. The van der Waals surface area contributed by atoms with Crippen LogP contribution < -0.4 is 0 Å². The number of nitrogens with zero attached hydrogens (tertiary/aromatic N) is 4. The van der Waals surface area contributed by atoms with Crippen LogP contribution in [0.3, 0.4) is 0 Å². The van der Waals surface area contributed by atoms with Gasteiger partial charge < -0.3 is 0 Å². The van der Waals surface area contributed by atoms with Gasteiger partial charge in [0.15, 0.2) is 11.5 Å². The zero-order chi connectivity index (χ0) is 13.7. The van der Waals surface area contributed by atoms with Gasteiger partial charge in [0.25, 0.3) is 0 Å². The summed E-state index contributed by atoms with van der Waals surface area (Å²) in [5.41, 5.74) is -0.452. The number of aryl methyl sites for hydroxylation is 1. The van der Waals surface area contributed by atoms with Gasteiger partial charge in [0.05, 0.1) is 0 Å². The van der Waals surface area contributed by atoms with Crippen molar-refractivity contribution in [2.24, 2.45) is 0 Å². The second-order valence-electron chi connectivity index (χ2n) is 5.14. The molecule has 0 saturated carbocycles. The van der Waals surface area contributed by atoms with Crippen molar-refractivity contribution < 1.29 is 8.78 Å². The Hall–Kier alpha value is -1.30. The van der Waals surface area contributed by atoms with Gasteiger partial charge in [-0.05, 0) is 18.5 Å². The predicted molar refractivity (Wildman–Crippen MR) is 64.0 cm³/mol. The first-order chi connectivity index (χ1) is 8.09. The van der Waals surface area contributed by atoms with E-state index in [1.165, 1.54) is 4.52 Å². The van der Waals surface area contributed by atoms with Crippen LogP contribution in [0.1, 0.15) is 38.1 Å². The van der Waals surface area contributed by atoms with E-state index in [0.29, 0.717) is 17.3 Å². The molecule has 0 atom stereocenters. The molecule has 0 amide bonds. The smallest absolute Gasteiger partial charge is 0.230 e. The van der Waals surface area contributed by atoms with Crippen molar-refractivity contribution in [3.8, 4) is 0 Å². The molecule has 18 heavy (non-hydrogen) atoms. The largest absolute Gasteiger partial charge is 0.364 e. The molecular weight excluding hydrogens is 262 g/mol. The molecule has 2 rings (SSSR count). The molecule has 2 heterocycles. The number of hydrogen-bond acceptors (Lipinski definition) is 3. The number of alkyl halides is 3. The Morgan fingerprint density at radius 3 is 2.33 bits per heavy atom. The van der Waals surface area contributed by atoms with Gasteiger partial charge in [-0.25, -0.2) is 9.97 Å². The van der Waals surface area contributed by atoms with Crippen LogP contribution in [-0.4, -0.2) is 19.6 Å². The first-order valence-electron chi connectivity index (χ1n) is 5.41. The molecule has 0 aliphatic rings. The lowest BCUT2D eigenvalue weighted by Gasteiger charge is -2.11. The highest BCUT2D eigenvalue weighted by molar-refractivity contribution is 6.21. The van der Waals surface area contributed by atoms with Gasteiger partial charge in [0.1, 0.15) is 11.5 Å². The Kier molecular flexibility index (Phi) is 2.81. The van der Waals surface area contributed by atoms with Crippen molar-refractivity contribution in [1.29, 1.82) is 0 Å². The molecule has 0 unspecified atom stereocenters.